The van der Waals surface area contributed by atoms with Crippen LogP contribution >= 0.6 is 0 Å². The average molecular weight is 422 g/mol. The van der Waals surface area contributed by atoms with Gasteiger partial charge in [-0.05, 0) is 43.7 Å². The van der Waals surface area contributed by atoms with Gasteiger partial charge in [0, 0.05) is 13.1 Å². The van der Waals surface area contributed by atoms with Crippen molar-refractivity contribution >= 4 is 22.8 Å². The largest absolute Gasteiger partial charge is 0.497 e. The van der Waals surface area contributed by atoms with Crippen molar-refractivity contribution in [3.63, 3.8) is 0 Å². The van der Waals surface area contributed by atoms with E-state index in [4.69, 9.17) is 13.9 Å². The highest BCUT2D eigenvalue weighted by atomic mass is 16.5. The van der Waals surface area contributed by atoms with Crippen LogP contribution in [0.2, 0.25) is 0 Å². The van der Waals surface area contributed by atoms with Crippen LogP contribution in [0.25, 0.3) is 22.1 Å². The van der Waals surface area contributed by atoms with Crippen LogP contribution in [0.5, 0.6) is 5.75 Å². The number of carbonyl (C=O) groups excluding carboxylic acids is 1. The Kier molecular flexibility index (Phi) is 6.06. The Labute approximate surface area is 180 Å². The second-order valence-corrected chi connectivity index (χ2v) is 7.86. The summed E-state index contributed by atoms with van der Waals surface area (Å²) in [6, 6.07) is 14.1. The van der Waals surface area contributed by atoms with Gasteiger partial charge in [0.2, 0.25) is 17.2 Å². The van der Waals surface area contributed by atoms with Crippen LogP contribution in [0.15, 0.2) is 57.7 Å². The summed E-state index contributed by atoms with van der Waals surface area (Å²) in [5.74, 6) is 0.581. The molecule has 1 aliphatic rings. The fourth-order valence-electron chi connectivity index (χ4n) is 4.03. The van der Waals surface area contributed by atoms with Crippen LogP contribution < -0.4 is 15.5 Å². The summed E-state index contributed by atoms with van der Waals surface area (Å²) < 4.78 is 16.9. The van der Waals surface area contributed by atoms with Gasteiger partial charge in [-0.15, -0.1) is 0 Å². The van der Waals surface area contributed by atoms with Crippen LogP contribution in [-0.2, 0) is 9.53 Å². The Hall–Kier alpha value is -3.16. The Morgan fingerprint density at radius 2 is 1.77 bits per heavy atom. The Balaban J connectivity index is 1.68. The summed E-state index contributed by atoms with van der Waals surface area (Å²) in [6.45, 7) is 5.52. The van der Waals surface area contributed by atoms with Gasteiger partial charge in [0.15, 0.2) is 0 Å². The number of morpholine rings is 1. The van der Waals surface area contributed by atoms with Gasteiger partial charge < -0.3 is 13.9 Å². The van der Waals surface area contributed by atoms with Gasteiger partial charge in [0.25, 0.3) is 0 Å². The zero-order chi connectivity index (χ0) is 22.0. The van der Waals surface area contributed by atoms with E-state index in [-0.39, 0.29) is 36.0 Å². The molecule has 2 aromatic carbocycles. The lowest BCUT2D eigenvalue weighted by Crippen LogP contribution is -2.48. The molecule has 7 heteroatoms. The molecule has 162 valence electrons. The summed E-state index contributed by atoms with van der Waals surface area (Å²) in [7, 11) is 1.58. The van der Waals surface area contributed by atoms with Gasteiger partial charge in [-0.2, -0.15) is 0 Å². The molecule has 2 unspecified atom stereocenters. The van der Waals surface area contributed by atoms with E-state index >= 15 is 0 Å². The number of carbonyl (C=O) groups is 1. The number of benzene rings is 2. The number of rotatable bonds is 5. The lowest BCUT2D eigenvalue weighted by Gasteiger charge is -2.34. The quantitative estimate of drug-likeness (QED) is 0.678. The predicted octanol–water partition coefficient (Wildman–Crippen LogP) is 3.52. The highest BCUT2D eigenvalue weighted by molar-refractivity contribution is 5.97. The molecule has 1 aromatic heterocycles. The maximum Gasteiger partial charge on any atom is 0.240 e. The molecule has 0 bridgehead atoms. The molecule has 1 saturated heterocycles. The number of nitrogens with one attached hydrogen (secondary N) is 1. The molecule has 2 heterocycles. The molecular formula is C24H26N2O5. The lowest BCUT2D eigenvalue weighted by atomic mass is 10.0. The van der Waals surface area contributed by atoms with E-state index in [1.165, 1.54) is 0 Å². The van der Waals surface area contributed by atoms with E-state index in [1.807, 2.05) is 18.7 Å². The first-order valence-electron chi connectivity index (χ1n) is 10.3. The number of hydrogen-bond acceptors (Lipinski definition) is 6. The normalized spacial score (nSPS) is 19.3. The molecule has 3 aromatic rings. The third-order valence-corrected chi connectivity index (χ3v) is 5.29. The number of nitrogens with zero attached hydrogens (tertiary/aromatic N) is 1. The minimum atomic E-state index is -0.241. The van der Waals surface area contributed by atoms with E-state index in [2.05, 4.69) is 5.32 Å². The Morgan fingerprint density at radius 3 is 2.45 bits per heavy atom. The molecular weight excluding hydrogens is 396 g/mol. The van der Waals surface area contributed by atoms with Crippen LogP contribution in [0.1, 0.15) is 13.8 Å². The van der Waals surface area contributed by atoms with Crippen molar-refractivity contribution in [3.05, 3.63) is 58.8 Å². The summed E-state index contributed by atoms with van der Waals surface area (Å²) >= 11 is 0. The summed E-state index contributed by atoms with van der Waals surface area (Å²) in [5, 5.41) is 3.29. The fourth-order valence-corrected chi connectivity index (χ4v) is 4.03. The number of fused-ring (bicyclic) bond motifs is 1. The van der Waals surface area contributed by atoms with E-state index in [9.17, 15) is 9.59 Å². The van der Waals surface area contributed by atoms with Gasteiger partial charge in [-0.3, -0.25) is 19.8 Å². The topological polar surface area (TPSA) is 81.0 Å². The monoisotopic (exact) mass is 422 g/mol. The van der Waals surface area contributed by atoms with Crippen LogP contribution in [0.3, 0.4) is 0 Å². The van der Waals surface area contributed by atoms with Gasteiger partial charge in [0.1, 0.15) is 11.3 Å². The van der Waals surface area contributed by atoms with E-state index in [0.29, 0.717) is 40.9 Å². The number of para-hydroxylation sites is 1. The minimum Gasteiger partial charge on any atom is -0.497 e. The molecule has 1 fully saturated rings. The molecule has 7 nitrogen and oxygen atoms in total. The van der Waals surface area contributed by atoms with E-state index in [1.54, 1.807) is 55.6 Å². The first-order chi connectivity index (χ1) is 14.9. The molecule has 0 aliphatic carbocycles. The molecule has 0 spiro atoms. The lowest BCUT2D eigenvalue weighted by molar-refractivity contribution is -0.121. The smallest absolute Gasteiger partial charge is 0.240 e. The van der Waals surface area contributed by atoms with Crippen molar-refractivity contribution in [2.45, 2.75) is 26.1 Å². The van der Waals surface area contributed by atoms with Gasteiger partial charge in [0.05, 0.1) is 36.8 Å². The second kappa shape index (κ2) is 8.91. The van der Waals surface area contributed by atoms with Gasteiger partial charge in [-0.25, -0.2) is 0 Å². The highest BCUT2D eigenvalue weighted by Gasteiger charge is 2.25. The van der Waals surface area contributed by atoms with Crippen molar-refractivity contribution in [1.82, 2.24) is 4.90 Å². The molecule has 4 rings (SSSR count). The first kappa shape index (κ1) is 21.1. The van der Waals surface area contributed by atoms with Crippen molar-refractivity contribution in [3.8, 4) is 16.9 Å². The number of hydrogen-bond donors (Lipinski definition) is 1. The van der Waals surface area contributed by atoms with Gasteiger partial charge >= 0.3 is 0 Å². The highest BCUT2D eigenvalue weighted by Crippen LogP contribution is 2.30. The standard InChI is InChI=1S/C24H26N2O5/c1-15-12-26(13-16(2)30-15)14-21(27)25-24-22(17-8-10-18(29-3)11-9-17)23(28)19-6-4-5-7-20(19)31-24/h4-11,15-16H,12-14H2,1-3H3,(H,25,27). The van der Waals surface area contributed by atoms with E-state index in [0.717, 1.165) is 0 Å². The van der Waals surface area contributed by atoms with Crippen LogP contribution in [0, 0.1) is 0 Å². The Bertz CT molecular complexity index is 1130. The van der Waals surface area contributed by atoms with Crippen LogP contribution in [-0.4, -0.2) is 49.8 Å². The molecule has 1 amide bonds. The summed E-state index contributed by atoms with van der Waals surface area (Å²) in [4.78, 5) is 28.2. The fraction of sp³-hybridized carbons (Fsp3) is 0.333. The van der Waals surface area contributed by atoms with Crippen molar-refractivity contribution < 1.29 is 18.7 Å². The number of methoxy groups -OCH3 is 1. The van der Waals surface area contributed by atoms with Crippen LogP contribution in [0.4, 0.5) is 5.88 Å². The summed E-state index contributed by atoms with van der Waals surface area (Å²) in [6.07, 6.45) is 0.120. The zero-order valence-electron chi connectivity index (χ0n) is 17.9. The molecule has 2 atom stereocenters. The van der Waals surface area contributed by atoms with Crippen molar-refractivity contribution in [2.75, 3.05) is 32.1 Å². The second-order valence-electron chi connectivity index (χ2n) is 7.86. The predicted molar refractivity (Wildman–Crippen MR) is 120 cm³/mol. The molecule has 31 heavy (non-hydrogen) atoms. The number of anilines is 1. The average Bonchev–Trinajstić information content (AvgIpc) is 2.73. The molecule has 1 N–H and O–H groups in total. The third kappa shape index (κ3) is 4.62. The molecule has 1 aliphatic heterocycles. The third-order valence-electron chi connectivity index (χ3n) is 5.29. The molecule has 0 radical (unpaired) electrons. The molecule has 0 saturated carbocycles. The Morgan fingerprint density at radius 1 is 1.10 bits per heavy atom. The SMILES string of the molecule is COc1ccc(-c2c(NC(=O)CN3CC(C)OC(C)C3)oc3ccccc3c2=O)cc1. The maximum atomic E-state index is 13.3. The van der Waals surface area contributed by atoms with Crippen molar-refractivity contribution in [1.29, 1.82) is 0 Å². The first-order valence-corrected chi connectivity index (χ1v) is 10.3. The number of amides is 1. The minimum absolute atomic E-state index is 0.0602. The number of ether oxygens (including phenoxy) is 2. The zero-order valence-corrected chi connectivity index (χ0v) is 17.9. The van der Waals surface area contributed by atoms with E-state index < -0.39 is 0 Å². The summed E-state index contributed by atoms with van der Waals surface area (Å²) in [5.41, 5.74) is 1.19. The van der Waals surface area contributed by atoms with Gasteiger partial charge in [-0.1, -0.05) is 24.3 Å². The maximum absolute atomic E-state index is 13.3. The van der Waals surface area contributed by atoms with Crippen molar-refractivity contribution in [2.24, 2.45) is 0 Å².